The van der Waals surface area contributed by atoms with E-state index in [2.05, 4.69) is 44.3 Å². The monoisotopic (exact) mass is 223 g/mol. The minimum atomic E-state index is 0.459. The predicted octanol–water partition coefficient (Wildman–Crippen LogP) is 3.13. The first-order valence-corrected chi connectivity index (χ1v) is 6.45. The highest BCUT2D eigenvalue weighted by atomic mass is 15.3. The lowest BCUT2D eigenvalue weighted by Crippen LogP contribution is -2.27. The maximum absolute atomic E-state index is 4.35. The molecule has 1 unspecified atom stereocenters. The van der Waals surface area contributed by atoms with E-state index in [1.165, 1.54) is 24.8 Å². The van der Waals surface area contributed by atoms with Crippen LogP contribution in [0.3, 0.4) is 0 Å². The number of aryl methyl sites for hydroxylation is 1. The van der Waals surface area contributed by atoms with Gasteiger partial charge in [-0.2, -0.15) is 5.10 Å². The van der Waals surface area contributed by atoms with Gasteiger partial charge in [0.05, 0.1) is 6.20 Å². The summed E-state index contributed by atoms with van der Waals surface area (Å²) in [7, 11) is 0. The van der Waals surface area contributed by atoms with Crippen molar-refractivity contribution in [1.82, 2.24) is 15.1 Å². The molecule has 0 saturated carbocycles. The number of hydrogen-bond acceptors (Lipinski definition) is 2. The molecule has 0 aliphatic rings. The zero-order chi connectivity index (χ0) is 12.0. The summed E-state index contributed by atoms with van der Waals surface area (Å²) in [4.78, 5) is 0. The highest BCUT2D eigenvalue weighted by Crippen LogP contribution is 2.19. The summed E-state index contributed by atoms with van der Waals surface area (Å²) in [5.74, 6) is 0. The van der Waals surface area contributed by atoms with E-state index in [0.717, 1.165) is 6.54 Å². The number of aromatic nitrogens is 2. The van der Waals surface area contributed by atoms with Gasteiger partial charge in [-0.05, 0) is 13.3 Å². The molecular weight excluding hydrogens is 198 g/mol. The highest BCUT2D eigenvalue weighted by molar-refractivity contribution is 5.10. The largest absolute Gasteiger partial charge is 0.308 e. The van der Waals surface area contributed by atoms with Crippen LogP contribution in [0.4, 0.5) is 0 Å². The Kier molecular flexibility index (Phi) is 5.53. The molecule has 0 radical (unpaired) electrons. The molecule has 1 aromatic heterocycles. The first-order chi connectivity index (χ1) is 7.67. The van der Waals surface area contributed by atoms with E-state index in [1.54, 1.807) is 0 Å². The molecule has 0 amide bonds. The Morgan fingerprint density at radius 1 is 1.38 bits per heavy atom. The molecule has 0 spiro atoms. The fourth-order valence-electron chi connectivity index (χ4n) is 1.89. The average Bonchev–Trinajstić information content (AvgIpc) is 2.72. The molecule has 1 heterocycles. The Hall–Kier alpha value is -0.830. The van der Waals surface area contributed by atoms with Gasteiger partial charge in [-0.15, -0.1) is 0 Å². The first kappa shape index (κ1) is 13.2. The lowest BCUT2D eigenvalue weighted by molar-refractivity contribution is 0.439. The van der Waals surface area contributed by atoms with E-state index in [9.17, 15) is 0 Å². The van der Waals surface area contributed by atoms with Crippen molar-refractivity contribution in [2.45, 2.75) is 65.6 Å². The summed E-state index contributed by atoms with van der Waals surface area (Å²) in [6, 6.07) is 0.979. The minimum absolute atomic E-state index is 0.459. The van der Waals surface area contributed by atoms with Crippen LogP contribution in [-0.2, 0) is 6.54 Å². The van der Waals surface area contributed by atoms with Crippen LogP contribution in [0, 0.1) is 0 Å². The molecule has 1 rings (SSSR count). The molecule has 0 aliphatic heterocycles. The van der Waals surface area contributed by atoms with Crippen LogP contribution in [0.25, 0.3) is 0 Å². The van der Waals surface area contributed by atoms with Crippen LogP contribution in [0.1, 0.15) is 58.6 Å². The Morgan fingerprint density at radius 2 is 2.12 bits per heavy atom. The van der Waals surface area contributed by atoms with E-state index in [1.807, 2.05) is 10.9 Å². The summed E-state index contributed by atoms with van der Waals surface area (Å²) < 4.78 is 2.00. The van der Waals surface area contributed by atoms with Crippen LogP contribution < -0.4 is 5.32 Å². The summed E-state index contributed by atoms with van der Waals surface area (Å²) in [5.41, 5.74) is 1.32. The third kappa shape index (κ3) is 3.97. The Bertz CT molecular complexity index is 291. The van der Waals surface area contributed by atoms with Gasteiger partial charge < -0.3 is 5.32 Å². The van der Waals surface area contributed by atoms with Gasteiger partial charge in [-0.25, -0.2) is 0 Å². The van der Waals surface area contributed by atoms with E-state index in [4.69, 9.17) is 0 Å². The van der Waals surface area contributed by atoms with Gasteiger partial charge >= 0.3 is 0 Å². The van der Waals surface area contributed by atoms with Crippen molar-refractivity contribution in [2.24, 2.45) is 0 Å². The van der Waals surface area contributed by atoms with Crippen molar-refractivity contribution in [3.05, 3.63) is 18.0 Å². The van der Waals surface area contributed by atoms with Gasteiger partial charge in [-0.3, -0.25) is 4.68 Å². The Labute approximate surface area is 99.2 Å². The SMILES string of the molecule is CCCCC(NC(C)C)c1cnn(CC)c1. The number of nitrogens with zero attached hydrogens (tertiary/aromatic N) is 2. The molecule has 0 aliphatic carbocycles. The molecule has 0 fully saturated rings. The maximum atomic E-state index is 4.35. The number of hydrogen-bond donors (Lipinski definition) is 1. The number of rotatable bonds is 7. The molecular formula is C13H25N3. The molecule has 1 aromatic rings. The molecule has 0 aromatic carbocycles. The second kappa shape index (κ2) is 6.69. The van der Waals surface area contributed by atoms with Crippen LogP contribution in [0.2, 0.25) is 0 Å². The van der Waals surface area contributed by atoms with Crippen molar-refractivity contribution in [1.29, 1.82) is 0 Å². The molecule has 0 saturated heterocycles. The lowest BCUT2D eigenvalue weighted by atomic mass is 10.0. The fourth-order valence-corrected chi connectivity index (χ4v) is 1.89. The number of nitrogens with one attached hydrogen (secondary N) is 1. The van der Waals surface area contributed by atoms with Gasteiger partial charge in [0, 0.05) is 30.4 Å². The maximum Gasteiger partial charge on any atom is 0.0537 e. The van der Waals surface area contributed by atoms with Crippen LogP contribution in [-0.4, -0.2) is 15.8 Å². The molecule has 0 bridgehead atoms. The second-order valence-corrected chi connectivity index (χ2v) is 4.65. The topological polar surface area (TPSA) is 29.9 Å². The van der Waals surface area contributed by atoms with Crippen molar-refractivity contribution in [3.63, 3.8) is 0 Å². The van der Waals surface area contributed by atoms with Crippen molar-refractivity contribution in [3.8, 4) is 0 Å². The standard InChI is InChI=1S/C13H25N3/c1-5-7-8-13(15-11(3)4)12-9-14-16(6-2)10-12/h9-11,13,15H,5-8H2,1-4H3. The summed E-state index contributed by atoms with van der Waals surface area (Å²) in [6.07, 6.45) is 7.87. The minimum Gasteiger partial charge on any atom is -0.308 e. The smallest absolute Gasteiger partial charge is 0.0537 e. The summed E-state index contributed by atoms with van der Waals surface area (Å²) in [6.45, 7) is 9.70. The third-order valence-electron chi connectivity index (χ3n) is 2.76. The van der Waals surface area contributed by atoms with Crippen molar-refractivity contribution in [2.75, 3.05) is 0 Å². The lowest BCUT2D eigenvalue weighted by Gasteiger charge is -2.19. The summed E-state index contributed by atoms with van der Waals surface area (Å²) in [5, 5.41) is 7.96. The van der Waals surface area contributed by atoms with Crippen LogP contribution in [0.15, 0.2) is 12.4 Å². The second-order valence-electron chi connectivity index (χ2n) is 4.65. The Morgan fingerprint density at radius 3 is 2.62 bits per heavy atom. The van der Waals surface area contributed by atoms with E-state index in [-0.39, 0.29) is 0 Å². The van der Waals surface area contributed by atoms with Gasteiger partial charge in [0.1, 0.15) is 0 Å². The van der Waals surface area contributed by atoms with Gasteiger partial charge in [0.25, 0.3) is 0 Å². The fraction of sp³-hybridized carbons (Fsp3) is 0.769. The van der Waals surface area contributed by atoms with Gasteiger partial charge in [-0.1, -0.05) is 33.6 Å². The highest BCUT2D eigenvalue weighted by Gasteiger charge is 2.13. The molecule has 16 heavy (non-hydrogen) atoms. The normalized spacial score (nSPS) is 13.3. The van der Waals surface area contributed by atoms with Crippen LogP contribution in [0.5, 0.6) is 0 Å². The van der Waals surface area contributed by atoms with Gasteiger partial charge in [0.15, 0.2) is 0 Å². The van der Waals surface area contributed by atoms with Crippen LogP contribution >= 0.6 is 0 Å². The van der Waals surface area contributed by atoms with Crippen molar-refractivity contribution < 1.29 is 0 Å². The zero-order valence-electron chi connectivity index (χ0n) is 11.0. The molecule has 92 valence electrons. The quantitative estimate of drug-likeness (QED) is 0.769. The Balaban J connectivity index is 2.66. The van der Waals surface area contributed by atoms with E-state index in [0.29, 0.717) is 12.1 Å². The van der Waals surface area contributed by atoms with E-state index < -0.39 is 0 Å². The average molecular weight is 223 g/mol. The van der Waals surface area contributed by atoms with Gasteiger partial charge in [0.2, 0.25) is 0 Å². The molecule has 1 N–H and O–H groups in total. The zero-order valence-corrected chi connectivity index (χ0v) is 11.0. The summed E-state index contributed by atoms with van der Waals surface area (Å²) >= 11 is 0. The predicted molar refractivity (Wildman–Crippen MR) is 68.4 cm³/mol. The first-order valence-electron chi connectivity index (χ1n) is 6.45. The number of unbranched alkanes of at least 4 members (excludes halogenated alkanes) is 1. The van der Waals surface area contributed by atoms with E-state index >= 15 is 0 Å². The molecule has 3 nitrogen and oxygen atoms in total. The third-order valence-corrected chi connectivity index (χ3v) is 2.76. The molecule has 3 heteroatoms. The van der Waals surface area contributed by atoms with Crippen molar-refractivity contribution >= 4 is 0 Å². The molecule has 1 atom stereocenters.